The number of rotatable bonds is 1. The minimum atomic E-state index is -0.944. The van der Waals surface area contributed by atoms with E-state index in [1.54, 1.807) is 0 Å². The Labute approximate surface area is 90.0 Å². The van der Waals surface area contributed by atoms with Crippen LogP contribution in [0.2, 0.25) is 0 Å². The van der Waals surface area contributed by atoms with Gasteiger partial charge in [-0.15, -0.1) is 0 Å². The van der Waals surface area contributed by atoms with Crippen molar-refractivity contribution in [1.29, 1.82) is 0 Å². The fraction of sp³-hybridized carbons (Fsp3) is 0.900. The lowest BCUT2D eigenvalue weighted by Gasteiger charge is -2.42. The Kier molecular flexibility index (Phi) is 3.67. The predicted octanol–water partition coefficient (Wildman–Crippen LogP) is 0.435. The molecular formula is C10H20FN3O. The van der Waals surface area contributed by atoms with Gasteiger partial charge >= 0.3 is 0 Å². The number of carbonyl (C=O) groups is 1. The molecule has 1 fully saturated rings. The minimum absolute atomic E-state index is 0.113. The molecule has 1 rings (SSSR count). The second-order valence-electron chi connectivity index (χ2n) is 5.11. The number of amides is 1. The summed E-state index contributed by atoms with van der Waals surface area (Å²) >= 11 is 0. The molecule has 0 saturated carbocycles. The molecule has 0 aromatic rings. The molecule has 1 aliphatic heterocycles. The van der Waals surface area contributed by atoms with Crippen LogP contribution in [0, 0.1) is 5.92 Å². The zero-order valence-corrected chi connectivity index (χ0v) is 9.59. The summed E-state index contributed by atoms with van der Waals surface area (Å²) < 4.78 is 13.4. The predicted molar refractivity (Wildman–Crippen MR) is 56.7 cm³/mol. The maximum atomic E-state index is 13.4. The second-order valence-corrected chi connectivity index (χ2v) is 5.11. The maximum Gasteiger partial charge on any atom is 0.238 e. The van der Waals surface area contributed by atoms with Crippen LogP contribution in [-0.4, -0.2) is 35.6 Å². The molecular weight excluding hydrogens is 197 g/mol. The molecule has 1 saturated heterocycles. The fourth-order valence-corrected chi connectivity index (χ4v) is 1.89. The summed E-state index contributed by atoms with van der Waals surface area (Å²) in [5.74, 6) is 4.46. The molecule has 1 amide bonds. The molecule has 5 heteroatoms. The Morgan fingerprint density at radius 2 is 2.07 bits per heavy atom. The molecule has 0 bridgehead atoms. The largest absolute Gasteiger partial charge is 0.295 e. The molecule has 0 aromatic heterocycles. The molecule has 4 nitrogen and oxygen atoms in total. The average Bonchev–Trinajstić information content (AvgIpc) is 2.14. The van der Waals surface area contributed by atoms with Crippen LogP contribution in [0.1, 0.15) is 27.2 Å². The summed E-state index contributed by atoms with van der Waals surface area (Å²) in [6.45, 7) is 7.03. The van der Waals surface area contributed by atoms with Crippen LogP contribution in [-0.2, 0) is 4.79 Å². The number of carbonyl (C=O) groups excluding carboxylic acids is 1. The highest BCUT2D eigenvalue weighted by Gasteiger charge is 2.35. The van der Waals surface area contributed by atoms with Crippen molar-refractivity contribution in [2.24, 2.45) is 11.8 Å². The standard InChI is InChI=1S/C10H20FN3O/c1-10(2,3)14-5-7(9(15)13-12)4-8(11)6-14/h7-8H,4-6,12H2,1-3H3,(H,13,15). The van der Waals surface area contributed by atoms with Crippen molar-refractivity contribution in [1.82, 2.24) is 10.3 Å². The van der Waals surface area contributed by atoms with Crippen LogP contribution in [0.4, 0.5) is 4.39 Å². The number of hydrogen-bond donors (Lipinski definition) is 2. The van der Waals surface area contributed by atoms with Gasteiger partial charge in [-0.3, -0.25) is 15.1 Å². The van der Waals surface area contributed by atoms with Gasteiger partial charge in [-0.25, -0.2) is 10.2 Å². The average molecular weight is 217 g/mol. The van der Waals surface area contributed by atoms with Gasteiger partial charge in [-0.1, -0.05) is 0 Å². The summed E-state index contributed by atoms with van der Waals surface area (Å²) in [7, 11) is 0. The Morgan fingerprint density at radius 3 is 2.53 bits per heavy atom. The van der Waals surface area contributed by atoms with Crippen molar-refractivity contribution in [2.75, 3.05) is 13.1 Å². The van der Waals surface area contributed by atoms with Gasteiger partial charge in [0.2, 0.25) is 5.91 Å². The lowest BCUT2D eigenvalue weighted by Crippen LogP contribution is -2.54. The summed E-state index contributed by atoms with van der Waals surface area (Å²) in [5, 5.41) is 0. The quantitative estimate of drug-likeness (QED) is 0.380. The van der Waals surface area contributed by atoms with Gasteiger partial charge < -0.3 is 0 Å². The first-order valence-electron chi connectivity index (χ1n) is 5.24. The van der Waals surface area contributed by atoms with Gasteiger partial charge in [0.05, 0.1) is 5.92 Å². The van der Waals surface area contributed by atoms with E-state index in [-0.39, 0.29) is 23.8 Å². The highest BCUT2D eigenvalue weighted by atomic mass is 19.1. The number of halogens is 1. The zero-order chi connectivity index (χ0) is 11.6. The lowest BCUT2D eigenvalue weighted by molar-refractivity contribution is -0.128. The Morgan fingerprint density at radius 1 is 1.47 bits per heavy atom. The van der Waals surface area contributed by atoms with Gasteiger partial charge in [0.25, 0.3) is 0 Å². The van der Waals surface area contributed by atoms with E-state index >= 15 is 0 Å². The van der Waals surface area contributed by atoms with E-state index in [1.807, 2.05) is 25.7 Å². The molecule has 1 heterocycles. The third kappa shape index (κ3) is 3.14. The second kappa shape index (κ2) is 4.45. The molecule has 0 spiro atoms. The SMILES string of the molecule is CC(C)(C)N1CC(F)CC(C(=O)NN)C1. The highest BCUT2D eigenvalue weighted by Crippen LogP contribution is 2.25. The van der Waals surface area contributed by atoms with Crippen LogP contribution >= 0.6 is 0 Å². The lowest BCUT2D eigenvalue weighted by atomic mass is 9.92. The van der Waals surface area contributed by atoms with Crippen molar-refractivity contribution >= 4 is 5.91 Å². The van der Waals surface area contributed by atoms with Crippen LogP contribution < -0.4 is 11.3 Å². The normalized spacial score (nSPS) is 28.9. The van der Waals surface area contributed by atoms with E-state index in [0.29, 0.717) is 13.1 Å². The van der Waals surface area contributed by atoms with Crippen molar-refractivity contribution in [2.45, 2.75) is 38.9 Å². The van der Waals surface area contributed by atoms with E-state index in [1.165, 1.54) is 0 Å². The number of hydrogen-bond acceptors (Lipinski definition) is 3. The number of nitrogens with zero attached hydrogens (tertiary/aromatic N) is 1. The van der Waals surface area contributed by atoms with Crippen LogP contribution in [0.5, 0.6) is 0 Å². The van der Waals surface area contributed by atoms with E-state index in [4.69, 9.17) is 5.84 Å². The number of alkyl halides is 1. The van der Waals surface area contributed by atoms with Crippen LogP contribution in [0.3, 0.4) is 0 Å². The summed E-state index contributed by atoms with van der Waals surface area (Å²) in [6.07, 6.45) is -0.671. The fourth-order valence-electron chi connectivity index (χ4n) is 1.89. The van der Waals surface area contributed by atoms with Gasteiger partial charge in [-0.2, -0.15) is 0 Å². The number of nitrogens with one attached hydrogen (secondary N) is 1. The van der Waals surface area contributed by atoms with E-state index in [0.717, 1.165) is 0 Å². The third-order valence-corrected chi connectivity index (χ3v) is 2.86. The van der Waals surface area contributed by atoms with Crippen LogP contribution in [0.25, 0.3) is 0 Å². The van der Waals surface area contributed by atoms with E-state index < -0.39 is 6.17 Å². The number of piperidine rings is 1. The highest BCUT2D eigenvalue weighted by molar-refractivity contribution is 5.78. The molecule has 0 radical (unpaired) electrons. The van der Waals surface area contributed by atoms with Crippen molar-refractivity contribution in [3.8, 4) is 0 Å². The molecule has 1 aliphatic rings. The molecule has 2 unspecified atom stereocenters. The first-order chi connectivity index (χ1) is 6.84. The monoisotopic (exact) mass is 217 g/mol. The summed E-state index contributed by atoms with van der Waals surface area (Å²) in [5.41, 5.74) is 1.98. The van der Waals surface area contributed by atoms with Crippen molar-refractivity contribution < 1.29 is 9.18 Å². The van der Waals surface area contributed by atoms with Crippen molar-refractivity contribution in [3.63, 3.8) is 0 Å². The van der Waals surface area contributed by atoms with Crippen LogP contribution in [0.15, 0.2) is 0 Å². The minimum Gasteiger partial charge on any atom is -0.295 e. The smallest absolute Gasteiger partial charge is 0.238 e. The summed E-state index contributed by atoms with van der Waals surface area (Å²) in [4.78, 5) is 13.3. The third-order valence-electron chi connectivity index (χ3n) is 2.86. The van der Waals surface area contributed by atoms with Gasteiger partial charge in [-0.05, 0) is 27.2 Å². The first kappa shape index (κ1) is 12.4. The van der Waals surface area contributed by atoms with Gasteiger partial charge in [0.1, 0.15) is 6.17 Å². The maximum absolute atomic E-state index is 13.4. The van der Waals surface area contributed by atoms with Crippen molar-refractivity contribution in [3.05, 3.63) is 0 Å². The Bertz CT molecular complexity index is 239. The molecule has 0 aliphatic carbocycles. The molecule has 88 valence electrons. The molecule has 15 heavy (non-hydrogen) atoms. The molecule has 3 N–H and O–H groups in total. The topological polar surface area (TPSA) is 58.4 Å². The number of nitrogens with two attached hydrogens (primary N) is 1. The summed E-state index contributed by atoms with van der Waals surface area (Å²) in [6, 6.07) is 0. The Hall–Kier alpha value is -0.680. The number of likely N-dealkylation sites (tertiary alicyclic amines) is 1. The molecule has 0 aromatic carbocycles. The van der Waals surface area contributed by atoms with E-state index in [9.17, 15) is 9.18 Å². The van der Waals surface area contributed by atoms with Gasteiger partial charge in [0.15, 0.2) is 0 Å². The molecule has 2 atom stereocenters. The Balaban J connectivity index is 2.68. The van der Waals surface area contributed by atoms with E-state index in [2.05, 4.69) is 5.43 Å². The number of hydrazine groups is 1. The van der Waals surface area contributed by atoms with Gasteiger partial charge in [0, 0.05) is 18.6 Å². The first-order valence-corrected chi connectivity index (χ1v) is 5.24. The zero-order valence-electron chi connectivity index (χ0n) is 9.59.